The summed E-state index contributed by atoms with van der Waals surface area (Å²) >= 11 is 0. The molecule has 0 spiro atoms. The van der Waals surface area contributed by atoms with Crippen LogP contribution in [0.15, 0.2) is 122 Å². The molecule has 0 aliphatic carbocycles. The predicted octanol–water partition coefficient (Wildman–Crippen LogP) is 7.18. The lowest BCUT2D eigenvalue weighted by atomic mass is 9.87. The Balaban J connectivity index is 1.10. The first-order valence-corrected chi connectivity index (χ1v) is 21.1. The zero-order valence-electron chi connectivity index (χ0n) is 36.3. The molecule has 0 unspecified atom stereocenters. The Kier molecular flexibility index (Phi) is 12.9. The first-order chi connectivity index (χ1) is 29.6. The Hall–Kier alpha value is -6.79. The van der Waals surface area contributed by atoms with Crippen molar-refractivity contribution in [1.29, 1.82) is 0 Å². The van der Waals surface area contributed by atoms with Crippen molar-refractivity contribution in [3.05, 3.63) is 155 Å². The molecular formula is C50H57N9O3. The maximum absolute atomic E-state index is 14.5. The summed E-state index contributed by atoms with van der Waals surface area (Å²) in [5, 5.41) is 9.82. The van der Waals surface area contributed by atoms with Crippen molar-refractivity contribution in [3.63, 3.8) is 0 Å². The highest BCUT2D eigenvalue weighted by molar-refractivity contribution is 5.94. The van der Waals surface area contributed by atoms with E-state index in [-0.39, 0.29) is 42.5 Å². The summed E-state index contributed by atoms with van der Waals surface area (Å²) in [6.45, 7) is 13.3. The molecule has 62 heavy (non-hydrogen) atoms. The number of amides is 3. The van der Waals surface area contributed by atoms with Gasteiger partial charge in [-0.1, -0.05) is 139 Å². The van der Waals surface area contributed by atoms with Gasteiger partial charge in [0.15, 0.2) is 0 Å². The molecule has 0 saturated heterocycles. The van der Waals surface area contributed by atoms with Crippen LogP contribution in [-0.4, -0.2) is 60.8 Å². The molecule has 0 saturated carbocycles. The summed E-state index contributed by atoms with van der Waals surface area (Å²) in [5.41, 5.74) is 14.8. The number of para-hydroxylation sites is 1. The monoisotopic (exact) mass is 831 g/mol. The standard InChI is InChI=1S/C50H57N9O3/c1-49(2,3)35-20-16-32(17-21-35)44-53-29-37(56-44)25-40(51)46(60)58-42(24-34-28-52-41-15-11-10-14-39(34)41)48(62)59-43(47(61)55-27-31-12-8-7-9-13-31)26-38-30-54-45(57-38)33-18-22-36(23-19-33)50(4,5)6/h7-23,28-30,40,42-43,52H,24-27,51H2,1-6H3,(H,53,56)(H,54,57)(H,55,61)(H,58,60)(H,59,62)/t40-,42-,43-/m0/s1. The molecule has 0 aliphatic heterocycles. The number of rotatable bonds is 15. The normalized spacial score (nSPS) is 13.3. The Morgan fingerprint density at radius 1 is 0.613 bits per heavy atom. The van der Waals surface area contributed by atoms with E-state index in [0.29, 0.717) is 23.0 Å². The van der Waals surface area contributed by atoms with Crippen molar-refractivity contribution >= 4 is 28.6 Å². The number of aromatic amines is 3. The molecule has 0 bridgehead atoms. The van der Waals surface area contributed by atoms with E-state index in [0.717, 1.165) is 33.2 Å². The van der Waals surface area contributed by atoms with Gasteiger partial charge in [-0.15, -0.1) is 0 Å². The third kappa shape index (κ3) is 10.7. The van der Waals surface area contributed by atoms with Crippen LogP contribution in [0.3, 0.4) is 0 Å². The molecule has 3 aromatic heterocycles. The number of carbonyl (C=O) groups is 3. The molecule has 0 aliphatic rings. The summed E-state index contributed by atoms with van der Waals surface area (Å²) in [6.07, 6.45) is 5.62. The second-order valence-corrected chi connectivity index (χ2v) is 18.1. The number of imidazole rings is 2. The van der Waals surface area contributed by atoms with E-state index >= 15 is 0 Å². The van der Waals surface area contributed by atoms with Crippen LogP contribution in [0.5, 0.6) is 0 Å². The van der Waals surface area contributed by atoms with Crippen LogP contribution in [0.1, 0.15) is 75.2 Å². The van der Waals surface area contributed by atoms with E-state index < -0.39 is 29.9 Å². The van der Waals surface area contributed by atoms with Crippen LogP contribution in [0, 0.1) is 0 Å². The van der Waals surface area contributed by atoms with Crippen LogP contribution in [0.4, 0.5) is 0 Å². The topological polar surface area (TPSA) is 186 Å². The first-order valence-electron chi connectivity index (χ1n) is 21.1. The number of nitrogens with one attached hydrogen (secondary N) is 6. The van der Waals surface area contributed by atoms with Crippen molar-refractivity contribution in [2.75, 3.05) is 0 Å². The van der Waals surface area contributed by atoms with Gasteiger partial charge in [0, 0.05) is 77.8 Å². The molecule has 3 atom stereocenters. The highest BCUT2D eigenvalue weighted by atomic mass is 16.2. The minimum Gasteiger partial charge on any atom is -0.361 e. The molecule has 7 rings (SSSR count). The Morgan fingerprint density at radius 3 is 1.71 bits per heavy atom. The molecule has 7 aromatic rings. The highest BCUT2D eigenvalue weighted by Gasteiger charge is 2.30. The quantitative estimate of drug-likeness (QED) is 0.0574. The van der Waals surface area contributed by atoms with E-state index in [2.05, 4.69) is 107 Å². The number of nitrogens with two attached hydrogens (primary N) is 1. The van der Waals surface area contributed by atoms with E-state index in [9.17, 15) is 14.4 Å². The molecule has 0 fully saturated rings. The van der Waals surface area contributed by atoms with E-state index in [4.69, 9.17) is 5.73 Å². The molecule has 12 heteroatoms. The van der Waals surface area contributed by atoms with Crippen LogP contribution < -0.4 is 21.7 Å². The van der Waals surface area contributed by atoms with E-state index in [1.54, 1.807) is 12.4 Å². The Morgan fingerprint density at radius 2 is 1.13 bits per heavy atom. The van der Waals surface area contributed by atoms with Gasteiger partial charge in [0.05, 0.1) is 6.04 Å². The summed E-state index contributed by atoms with van der Waals surface area (Å²) in [4.78, 5) is 61.5. The van der Waals surface area contributed by atoms with Gasteiger partial charge in [-0.2, -0.15) is 0 Å². The van der Waals surface area contributed by atoms with Crippen molar-refractivity contribution in [2.24, 2.45) is 5.73 Å². The highest BCUT2D eigenvalue weighted by Crippen LogP contribution is 2.27. The van der Waals surface area contributed by atoms with Gasteiger partial charge in [-0.05, 0) is 39.2 Å². The number of benzene rings is 4. The van der Waals surface area contributed by atoms with Gasteiger partial charge in [-0.25, -0.2) is 9.97 Å². The zero-order chi connectivity index (χ0) is 44.0. The predicted molar refractivity (Wildman–Crippen MR) is 245 cm³/mol. The van der Waals surface area contributed by atoms with Crippen LogP contribution in [0.2, 0.25) is 0 Å². The second-order valence-electron chi connectivity index (χ2n) is 18.1. The number of aromatic nitrogens is 5. The Bertz CT molecular complexity index is 2610. The molecule has 320 valence electrons. The number of fused-ring (bicyclic) bond motifs is 1. The average molecular weight is 832 g/mol. The summed E-state index contributed by atoms with van der Waals surface area (Å²) < 4.78 is 0. The van der Waals surface area contributed by atoms with Crippen LogP contribution >= 0.6 is 0 Å². The minimum absolute atomic E-state index is 0.00546. The maximum atomic E-state index is 14.5. The number of nitrogens with zero attached hydrogens (tertiary/aromatic N) is 2. The number of hydrogen-bond acceptors (Lipinski definition) is 6. The van der Waals surface area contributed by atoms with Gasteiger partial charge in [-0.3, -0.25) is 14.4 Å². The summed E-state index contributed by atoms with van der Waals surface area (Å²) in [7, 11) is 0. The largest absolute Gasteiger partial charge is 0.361 e. The fourth-order valence-corrected chi connectivity index (χ4v) is 7.42. The lowest BCUT2D eigenvalue weighted by Crippen LogP contribution is -2.57. The SMILES string of the molecule is CC(C)(C)c1ccc(-c2ncc(C[C@H](NC(=O)[C@H](Cc3c[nH]c4ccccc34)NC(=O)[C@@H](N)Cc3cnc(-c4ccc(C(C)(C)C)cc4)[nH]3)C(=O)NCc3ccccc3)[nH]2)cc1. The van der Waals surface area contributed by atoms with Gasteiger partial charge in [0.2, 0.25) is 17.7 Å². The number of hydrogen-bond donors (Lipinski definition) is 7. The van der Waals surface area contributed by atoms with Crippen molar-refractivity contribution < 1.29 is 14.4 Å². The van der Waals surface area contributed by atoms with E-state index in [1.165, 1.54) is 11.1 Å². The number of carbonyl (C=O) groups excluding carboxylic acids is 3. The number of H-pyrrole nitrogens is 3. The lowest BCUT2D eigenvalue weighted by molar-refractivity contribution is -0.132. The lowest BCUT2D eigenvalue weighted by Gasteiger charge is -2.24. The second kappa shape index (κ2) is 18.4. The van der Waals surface area contributed by atoms with Gasteiger partial charge >= 0.3 is 0 Å². The summed E-state index contributed by atoms with van der Waals surface area (Å²) in [5.74, 6) is -0.113. The van der Waals surface area contributed by atoms with Gasteiger partial charge < -0.3 is 36.6 Å². The fraction of sp³-hybridized carbons (Fsp3) is 0.300. The zero-order valence-corrected chi connectivity index (χ0v) is 36.3. The fourth-order valence-electron chi connectivity index (χ4n) is 7.42. The third-order valence-corrected chi connectivity index (χ3v) is 11.2. The molecule has 8 N–H and O–H groups in total. The molecular weight excluding hydrogens is 775 g/mol. The molecule has 3 heterocycles. The van der Waals surface area contributed by atoms with Crippen LogP contribution in [0.25, 0.3) is 33.7 Å². The molecule has 0 radical (unpaired) electrons. The summed E-state index contributed by atoms with van der Waals surface area (Å²) in [6, 6.07) is 30.7. The van der Waals surface area contributed by atoms with Crippen molar-refractivity contribution in [1.82, 2.24) is 40.9 Å². The van der Waals surface area contributed by atoms with Crippen molar-refractivity contribution in [2.45, 2.75) is 96.3 Å². The van der Waals surface area contributed by atoms with E-state index in [1.807, 2.05) is 85.1 Å². The van der Waals surface area contributed by atoms with Crippen molar-refractivity contribution in [3.8, 4) is 22.8 Å². The molecule has 3 amide bonds. The minimum atomic E-state index is -1.07. The third-order valence-electron chi connectivity index (χ3n) is 11.2. The van der Waals surface area contributed by atoms with Gasteiger partial charge in [0.25, 0.3) is 0 Å². The molecule has 4 aromatic carbocycles. The smallest absolute Gasteiger partial charge is 0.243 e. The maximum Gasteiger partial charge on any atom is 0.243 e. The average Bonchev–Trinajstić information content (AvgIpc) is 4.03. The van der Waals surface area contributed by atoms with Crippen LogP contribution in [-0.2, 0) is 51.0 Å². The van der Waals surface area contributed by atoms with Gasteiger partial charge in [0.1, 0.15) is 23.7 Å². The molecule has 12 nitrogen and oxygen atoms in total. The first kappa shape index (κ1) is 43.3. The Labute approximate surface area is 363 Å².